The molecule has 0 radical (unpaired) electrons. The summed E-state index contributed by atoms with van der Waals surface area (Å²) in [6, 6.07) is 5.90. The molecule has 0 aliphatic heterocycles. The Labute approximate surface area is 116 Å². The number of anilines is 1. The molecule has 0 saturated heterocycles. The Balaban J connectivity index is 2.29. The molecule has 2 rings (SSSR count). The quantitative estimate of drug-likeness (QED) is 0.686. The minimum absolute atomic E-state index is 0.0627. The number of nitro benzene ring substituents is 1. The predicted molar refractivity (Wildman–Crippen MR) is 72.4 cm³/mol. The minimum atomic E-state index is -0.489. The highest BCUT2D eigenvalue weighted by molar-refractivity contribution is 9.10. The third-order valence-corrected chi connectivity index (χ3v) is 2.60. The monoisotopic (exact) mass is 324 g/mol. The molecular formula is C11H9BrN4O3. The van der Waals surface area contributed by atoms with Gasteiger partial charge in [-0.25, -0.2) is 4.98 Å². The number of nitro groups is 1. The molecule has 0 atom stereocenters. The van der Waals surface area contributed by atoms with Crippen LogP contribution in [0.5, 0.6) is 11.6 Å². The van der Waals surface area contributed by atoms with Gasteiger partial charge in [0.2, 0.25) is 11.8 Å². The first-order valence-electron chi connectivity index (χ1n) is 5.22. The van der Waals surface area contributed by atoms with Crippen molar-refractivity contribution in [2.75, 3.05) is 12.4 Å². The van der Waals surface area contributed by atoms with Crippen LogP contribution in [-0.2, 0) is 0 Å². The van der Waals surface area contributed by atoms with E-state index in [0.717, 1.165) is 0 Å². The Kier molecular flexibility index (Phi) is 3.91. The van der Waals surface area contributed by atoms with E-state index in [4.69, 9.17) is 4.74 Å². The smallest absolute Gasteiger partial charge is 0.274 e. The first-order chi connectivity index (χ1) is 9.08. The van der Waals surface area contributed by atoms with Gasteiger partial charge in [-0.05, 0) is 6.07 Å². The number of benzene rings is 1. The van der Waals surface area contributed by atoms with Gasteiger partial charge in [0.15, 0.2) is 0 Å². The van der Waals surface area contributed by atoms with Crippen LogP contribution in [0.25, 0.3) is 0 Å². The predicted octanol–water partition coefficient (Wildman–Crippen LogP) is 2.98. The lowest BCUT2D eigenvalue weighted by Gasteiger charge is -2.06. The average Bonchev–Trinajstić information content (AvgIpc) is 2.38. The number of aromatic nitrogens is 2. The maximum atomic E-state index is 10.8. The van der Waals surface area contributed by atoms with E-state index in [-0.39, 0.29) is 5.69 Å². The van der Waals surface area contributed by atoms with Crippen molar-refractivity contribution in [1.82, 2.24) is 9.97 Å². The number of hydrogen-bond acceptors (Lipinski definition) is 6. The molecule has 0 aliphatic rings. The van der Waals surface area contributed by atoms with Crippen molar-refractivity contribution in [2.24, 2.45) is 0 Å². The maximum Gasteiger partial charge on any atom is 0.274 e. The molecule has 19 heavy (non-hydrogen) atoms. The molecule has 2 aromatic rings. The number of rotatable bonds is 4. The van der Waals surface area contributed by atoms with E-state index >= 15 is 0 Å². The lowest BCUT2D eigenvalue weighted by atomic mass is 10.3. The van der Waals surface area contributed by atoms with Crippen molar-refractivity contribution in [1.29, 1.82) is 0 Å². The molecule has 7 nitrogen and oxygen atoms in total. The molecule has 0 spiro atoms. The average molecular weight is 325 g/mol. The van der Waals surface area contributed by atoms with E-state index in [9.17, 15) is 10.1 Å². The summed E-state index contributed by atoms with van der Waals surface area (Å²) in [4.78, 5) is 18.3. The molecule has 1 heterocycles. The van der Waals surface area contributed by atoms with E-state index in [1.165, 1.54) is 18.3 Å². The Bertz CT molecular complexity index is 621. The van der Waals surface area contributed by atoms with Crippen LogP contribution in [0.4, 0.5) is 11.6 Å². The topological polar surface area (TPSA) is 90.2 Å². The second-order valence-electron chi connectivity index (χ2n) is 3.47. The van der Waals surface area contributed by atoms with Gasteiger partial charge in [-0.15, -0.1) is 0 Å². The fraction of sp³-hybridized carbons (Fsp3) is 0.0909. The number of non-ortho nitro benzene ring substituents is 1. The van der Waals surface area contributed by atoms with Crippen LogP contribution in [0.1, 0.15) is 0 Å². The summed E-state index contributed by atoms with van der Waals surface area (Å²) >= 11 is 3.19. The van der Waals surface area contributed by atoms with Crippen LogP contribution >= 0.6 is 15.9 Å². The van der Waals surface area contributed by atoms with Gasteiger partial charge in [0.1, 0.15) is 5.75 Å². The van der Waals surface area contributed by atoms with Crippen molar-refractivity contribution in [3.63, 3.8) is 0 Å². The highest BCUT2D eigenvalue weighted by atomic mass is 79.9. The first kappa shape index (κ1) is 13.2. The van der Waals surface area contributed by atoms with E-state index in [1.54, 1.807) is 19.2 Å². The third kappa shape index (κ3) is 3.38. The molecule has 0 saturated carbocycles. The fourth-order valence-electron chi connectivity index (χ4n) is 1.35. The van der Waals surface area contributed by atoms with Gasteiger partial charge in [-0.2, -0.15) is 4.98 Å². The summed E-state index contributed by atoms with van der Waals surface area (Å²) in [7, 11) is 1.68. The molecule has 98 valence electrons. The van der Waals surface area contributed by atoms with Crippen molar-refractivity contribution in [2.45, 2.75) is 0 Å². The van der Waals surface area contributed by atoms with E-state index in [0.29, 0.717) is 22.1 Å². The second-order valence-corrected chi connectivity index (χ2v) is 4.39. The number of ether oxygens (including phenoxy) is 1. The van der Waals surface area contributed by atoms with Gasteiger partial charge in [0.25, 0.3) is 5.69 Å². The molecule has 0 amide bonds. The summed E-state index contributed by atoms with van der Waals surface area (Å²) in [6.45, 7) is 0. The highest BCUT2D eigenvalue weighted by Crippen LogP contribution is 2.29. The summed E-state index contributed by atoms with van der Waals surface area (Å²) in [6.07, 6.45) is 1.53. The maximum absolute atomic E-state index is 10.8. The van der Waals surface area contributed by atoms with Gasteiger partial charge in [0.05, 0.1) is 11.0 Å². The molecule has 1 aromatic heterocycles. The van der Waals surface area contributed by atoms with Crippen LogP contribution in [-0.4, -0.2) is 21.9 Å². The van der Waals surface area contributed by atoms with Gasteiger partial charge in [-0.1, -0.05) is 15.9 Å². The summed E-state index contributed by atoms with van der Waals surface area (Å²) < 4.78 is 6.02. The Hall–Kier alpha value is -2.22. The van der Waals surface area contributed by atoms with Crippen molar-refractivity contribution < 1.29 is 9.66 Å². The molecular weight excluding hydrogens is 316 g/mol. The van der Waals surface area contributed by atoms with Crippen molar-refractivity contribution in [3.8, 4) is 11.6 Å². The fourth-order valence-corrected chi connectivity index (χ4v) is 1.81. The number of nitrogens with zero attached hydrogens (tertiary/aromatic N) is 3. The highest BCUT2D eigenvalue weighted by Gasteiger charge is 2.10. The molecule has 0 aliphatic carbocycles. The zero-order valence-electron chi connectivity index (χ0n) is 9.83. The normalized spacial score (nSPS) is 10.0. The van der Waals surface area contributed by atoms with Crippen molar-refractivity contribution in [3.05, 3.63) is 45.0 Å². The zero-order valence-corrected chi connectivity index (χ0v) is 11.4. The Morgan fingerprint density at radius 2 is 2.21 bits per heavy atom. The first-order valence-corrected chi connectivity index (χ1v) is 6.01. The molecule has 0 unspecified atom stereocenters. The van der Waals surface area contributed by atoms with E-state index in [1.807, 2.05) is 0 Å². The van der Waals surface area contributed by atoms with Gasteiger partial charge in [0, 0.05) is 29.8 Å². The molecule has 1 N–H and O–H groups in total. The van der Waals surface area contributed by atoms with Crippen LogP contribution < -0.4 is 10.1 Å². The SMILES string of the molecule is CNc1nccc(Oc2cc(Br)cc([N+](=O)[O-])c2)n1. The van der Waals surface area contributed by atoms with Gasteiger partial charge >= 0.3 is 0 Å². The summed E-state index contributed by atoms with van der Waals surface area (Å²) in [5.41, 5.74) is -0.0627. The molecule has 1 aromatic carbocycles. The Morgan fingerprint density at radius 3 is 2.89 bits per heavy atom. The summed E-state index contributed by atoms with van der Waals surface area (Å²) in [5, 5.41) is 13.5. The van der Waals surface area contributed by atoms with E-state index < -0.39 is 4.92 Å². The van der Waals surface area contributed by atoms with E-state index in [2.05, 4.69) is 31.2 Å². The molecule has 0 bridgehead atoms. The molecule has 8 heteroatoms. The van der Waals surface area contributed by atoms with Crippen LogP contribution in [0.2, 0.25) is 0 Å². The minimum Gasteiger partial charge on any atom is -0.439 e. The van der Waals surface area contributed by atoms with Crippen LogP contribution in [0.15, 0.2) is 34.9 Å². The summed E-state index contributed by atoms with van der Waals surface area (Å²) in [5.74, 6) is 1.02. The van der Waals surface area contributed by atoms with Crippen LogP contribution in [0, 0.1) is 10.1 Å². The van der Waals surface area contributed by atoms with Crippen LogP contribution in [0.3, 0.4) is 0 Å². The third-order valence-electron chi connectivity index (χ3n) is 2.14. The standard InChI is InChI=1S/C11H9BrN4O3/c1-13-11-14-3-2-10(15-11)19-9-5-7(12)4-8(6-9)16(17)18/h2-6H,1H3,(H,13,14,15). The number of hydrogen-bond donors (Lipinski definition) is 1. The lowest BCUT2D eigenvalue weighted by Crippen LogP contribution is -1.97. The zero-order chi connectivity index (χ0) is 13.8. The van der Waals surface area contributed by atoms with Gasteiger partial charge in [-0.3, -0.25) is 10.1 Å². The Morgan fingerprint density at radius 1 is 1.42 bits per heavy atom. The number of nitrogens with one attached hydrogen (secondary N) is 1. The largest absolute Gasteiger partial charge is 0.439 e. The lowest BCUT2D eigenvalue weighted by molar-refractivity contribution is -0.385. The molecule has 0 fully saturated rings. The van der Waals surface area contributed by atoms with Gasteiger partial charge < -0.3 is 10.1 Å². The second kappa shape index (κ2) is 5.61. The van der Waals surface area contributed by atoms with Crippen molar-refractivity contribution >= 4 is 27.6 Å². The number of halogens is 1.